The summed E-state index contributed by atoms with van der Waals surface area (Å²) in [6.07, 6.45) is 1.24. The molecular weight excluding hydrogens is 195 g/mol. The van der Waals surface area contributed by atoms with Gasteiger partial charge in [-0.3, -0.25) is 0 Å². The molecule has 2 rings (SSSR count). The molecule has 1 aromatic carbocycles. The first-order chi connectivity index (χ1) is 5.77. The molecule has 1 aliphatic heterocycles. The Labute approximate surface area is 81.2 Å². The average molecular weight is 203 g/mol. The first-order valence-corrected chi connectivity index (χ1v) is 4.57. The van der Waals surface area contributed by atoms with Crippen molar-refractivity contribution in [3.63, 3.8) is 0 Å². The maximum Gasteiger partial charge on any atom is 0.0850 e. The molecule has 0 bridgehead atoms. The molecule has 0 spiro atoms. The van der Waals surface area contributed by atoms with E-state index in [-0.39, 0.29) is 0 Å². The predicted octanol–water partition coefficient (Wildman–Crippen LogP) is 2.93. The van der Waals surface area contributed by atoms with Crippen molar-refractivity contribution in [3.05, 3.63) is 33.8 Å². The minimum atomic E-state index is 0.362. The van der Waals surface area contributed by atoms with E-state index in [0.29, 0.717) is 16.1 Å². The molecule has 1 atom stereocenters. The van der Waals surface area contributed by atoms with Gasteiger partial charge in [0.05, 0.1) is 22.8 Å². The summed E-state index contributed by atoms with van der Waals surface area (Å²) in [7, 11) is 0. The van der Waals surface area contributed by atoms with Crippen LogP contribution < -0.4 is 0 Å². The van der Waals surface area contributed by atoms with Gasteiger partial charge < -0.3 is 4.74 Å². The normalized spacial score (nSPS) is 21.0. The van der Waals surface area contributed by atoms with Crippen molar-refractivity contribution < 1.29 is 4.74 Å². The van der Waals surface area contributed by atoms with Crippen LogP contribution in [0.25, 0.3) is 0 Å². The lowest BCUT2D eigenvalue weighted by atomic mass is 10.1. The summed E-state index contributed by atoms with van der Waals surface area (Å²) < 4.78 is 5.11. The van der Waals surface area contributed by atoms with Gasteiger partial charge in [0.2, 0.25) is 0 Å². The van der Waals surface area contributed by atoms with Crippen LogP contribution in [-0.4, -0.2) is 12.7 Å². The topological polar surface area (TPSA) is 12.5 Å². The molecule has 64 valence electrons. The number of hydrogen-bond acceptors (Lipinski definition) is 1. The number of hydrogen-bond donors (Lipinski definition) is 0. The van der Waals surface area contributed by atoms with Crippen LogP contribution in [0.1, 0.15) is 5.56 Å². The van der Waals surface area contributed by atoms with Crippen LogP contribution >= 0.6 is 23.2 Å². The van der Waals surface area contributed by atoms with Crippen molar-refractivity contribution >= 4 is 23.2 Å². The second kappa shape index (κ2) is 3.25. The Bertz CT molecular complexity index is 295. The Hall–Kier alpha value is -0.240. The third-order valence-electron chi connectivity index (χ3n) is 1.88. The van der Waals surface area contributed by atoms with Gasteiger partial charge in [-0.2, -0.15) is 0 Å². The Morgan fingerprint density at radius 1 is 1.42 bits per heavy atom. The fraction of sp³-hybridized carbons (Fsp3) is 0.333. The highest BCUT2D eigenvalue weighted by molar-refractivity contribution is 6.42. The Morgan fingerprint density at radius 3 is 2.83 bits per heavy atom. The molecular formula is C9H8Cl2O. The summed E-state index contributed by atoms with van der Waals surface area (Å²) in [6, 6.07) is 5.68. The molecule has 0 N–H and O–H groups in total. The van der Waals surface area contributed by atoms with Crippen molar-refractivity contribution in [2.75, 3.05) is 6.61 Å². The zero-order chi connectivity index (χ0) is 8.55. The van der Waals surface area contributed by atoms with E-state index in [1.165, 1.54) is 0 Å². The predicted molar refractivity (Wildman–Crippen MR) is 49.9 cm³/mol. The van der Waals surface area contributed by atoms with Crippen LogP contribution in [0, 0.1) is 0 Å². The SMILES string of the molecule is Clc1cccc(CC2CO2)c1Cl. The number of rotatable bonds is 2. The molecule has 3 heteroatoms. The highest BCUT2D eigenvalue weighted by atomic mass is 35.5. The van der Waals surface area contributed by atoms with Crippen molar-refractivity contribution in [2.45, 2.75) is 12.5 Å². The molecule has 0 saturated carbocycles. The summed E-state index contributed by atoms with van der Waals surface area (Å²) in [5.74, 6) is 0. The molecule has 0 amide bonds. The zero-order valence-corrected chi connectivity index (χ0v) is 7.90. The summed E-state index contributed by atoms with van der Waals surface area (Å²) >= 11 is 11.8. The minimum absolute atomic E-state index is 0.362. The lowest BCUT2D eigenvalue weighted by Crippen LogP contribution is -1.93. The summed E-state index contributed by atoms with van der Waals surface area (Å²) in [5, 5.41) is 1.28. The fourth-order valence-electron chi connectivity index (χ4n) is 1.14. The van der Waals surface area contributed by atoms with E-state index in [2.05, 4.69) is 0 Å². The molecule has 1 fully saturated rings. The van der Waals surface area contributed by atoms with E-state index in [9.17, 15) is 0 Å². The van der Waals surface area contributed by atoms with Gasteiger partial charge in [-0.05, 0) is 11.6 Å². The first-order valence-electron chi connectivity index (χ1n) is 3.82. The average Bonchev–Trinajstić information content (AvgIpc) is 2.83. The number of benzene rings is 1. The van der Waals surface area contributed by atoms with Crippen LogP contribution in [0.5, 0.6) is 0 Å². The molecule has 1 aromatic rings. The molecule has 1 unspecified atom stereocenters. The van der Waals surface area contributed by atoms with Gasteiger partial charge >= 0.3 is 0 Å². The maximum absolute atomic E-state index is 5.98. The van der Waals surface area contributed by atoms with Crippen LogP contribution in [0.3, 0.4) is 0 Å². The standard InChI is InChI=1S/C9H8Cl2O/c10-8-3-1-2-6(9(8)11)4-7-5-12-7/h1-3,7H,4-5H2. The van der Waals surface area contributed by atoms with Crippen molar-refractivity contribution in [3.8, 4) is 0 Å². The van der Waals surface area contributed by atoms with Gasteiger partial charge in [0, 0.05) is 6.42 Å². The summed E-state index contributed by atoms with van der Waals surface area (Å²) in [4.78, 5) is 0. The quantitative estimate of drug-likeness (QED) is 0.673. The Balaban J connectivity index is 2.23. The Kier molecular flexibility index (Phi) is 2.26. The van der Waals surface area contributed by atoms with Gasteiger partial charge in [-0.25, -0.2) is 0 Å². The van der Waals surface area contributed by atoms with Gasteiger partial charge in [-0.1, -0.05) is 35.3 Å². The van der Waals surface area contributed by atoms with Gasteiger partial charge in [-0.15, -0.1) is 0 Å². The second-order valence-corrected chi connectivity index (χ2v) is 3.66. The highest BCUT2D eigenvalue weighted by Gasteiger charge is 2.23. The summed E-state index contributed by atoms with van der Waals surface area (Å²) in [6.45, 7) is 0.850. The molecule has 1 heterocycles. The van der Waals surface area contributed by atoms with E-state index in [0.717, 1.165) is 18.6 Å². The van der Waals surface area contributed by atoms with E-state index < -0.39 is 0 Å². The number of halogens is 2. The van der Waals surface area contributed by atoms with Crippen LogP contribution in [0.2, 0.25) is 10.0 Å². The monoisotopic (exact) mass is 202 g/mol. The van der Waals surface area contributed by atoms with Gasteiger partial charge in [0.15, 0.2) is 0 Å². The molecule has 1 nitrogen and oxygen atoms in total. The third kappa shape index (κ3) is 1.74. The number of epoxide rings is 1. The fourth-order valence-corrected chi connectivity index (χ4v) is 1.53. The van der Waals surface area contributed by atoms with E-state index in [1.54, 1.807) is 6.07 Å². The lowest BCUT2D eigenvalue weighted by molar-refractivity contribution is 0.407. The first kappa shape index (κ1) is 8.36. The molecule has 1 aliphatic rings. The smallest absolute Gasteiger partial charge is 0.0850 e. The van der Waals surface area contributed by atoms with E-state index in [1.807, 2.05) is 12.1 Å². The van der Waals surface area contributed by atoms with Crippen molar-refractivity contribution in [2.24, 2.45) is 0 Å². The van der Waals surface area contributed by atoms with Crippen LogP contribution in [0.15, 0.2) is 18.2 Å². The molecule has 12 heavy (non-hydrogen) atoms. The van der Waals surface area contributed by atoms with Crippen molar-refractivity contribution in [1.82, 2.24) is 0 Å². The molecule has 0 radical (unpaired) electrons. The lowest BCUT2D eigenvalue weighted by Gasteiger charge is -2.02. The largest absolute Gasteiger partial charge is 0.373 e. The van der Waals surface area contributed by atoms with Gasteiger partial charge in [0.1, 0.15) is 0 Å². The molecule has 0 aromatic heterocycles. The third-order valence-corrected chi connectivity index (χ3v) is 2.74. The second-order valence-electron chi connectivity index (χ2n) is 2.87. The number of ether oxygens (including phenoxy) is 1. The van der Waals surface area contributed by atoms with Crippen molar-refractivity contribution in [1.29, 1.82) is 0 Å². The summed E-state index contributed by atoms with van der Waals surface area (Å²) in [5.41, 5.74) is 1.08. The van der Waals surface area contributed by atoms with E-state index in [4.69, 9.17) is 27.9 Å². The van der Waals surface area contributed by atoms with Gasteiger partial charge in [0.25, 0.3) is 0 Å². The van der Waals surface area contributed by atoms with Crippen LogP contribution in [-0.2, 0) is 11.2 Å². The maximum atomic E-state index is 5.98. The highest BCUT2D eigenvalue weighted by Crippen LogP contribution is 2.28. The molecule has 1 saturated heterocycles. The van der Waals surface area contributed by atoms with Crippen LogP contribution in [0.4, 0.5) is 0 Å². The Morgan fingerprint density at radius 2 is 2.17 bits per heavy atom. The minimum Gasteiger partial charge on any atom is -0.373 e. The zero-order valence-electron chi connectivity index (χ0n) is 6.39. The van der Waals surface area contributed by atoms with E-state index >= 15 is 0 Å². The molecule has 0 aliphatic carbocycles.